The third-order valence-corrected chi connectivity index (χ3v) is 3.71. The molecule has 0 aliphatic carbocycles. The molecule has 1 N–H and O–H groups in total. The number of hydrogen-bond donors (Lipinski definition) is 1. The van der Waals surface area contributed by atoms with Crippen LogP contribution in [0.15, 0.2) is 54.6 Å². The van der Waals surface area contributed by atoms with Crippen LogP contribution < -0.4 is 10.2 Å². The van der Waals surface area contributed by atoms with Gasteiger partial charge < -0.3 is 15.0 Å². The molecule has 1 unspecified atom stereocenters. The van der Waals surface area contributed by atoms with Gasteiger partial charge in [-0.3, -0.25) is 9.59 Å². The minimum atomic E-state index is -0.961. The molecule has 1 aliphatic rings. The molecule has 0 radical (unpaired) electrons. The second-order valence-corrected chi connectivity index (χ2v) is 5.32. The molecule has 3 rings (SSSR count). The first kappa shape index (κ1) is 15.1. The van der Waals surface area contributed by atoms with Gasteiger partial charge in [-0.15, -0.1) is 0 Å². The maximum atomic E-state index is 12.4. The number of anilines is 2. The molecule has 23 heavy (non-hydrogen) atoms. The standard InChI is InChI=1S/C18H18N2O3/c1-2-16(21)23-18-17(22)19-14-10-6-7-11-15(14)20(18)12-13-8-4-3-5-9-13/h3-11,18H,2,12H2,1H3,(H,19,22). The Kier molecular flexibility index (Phi) is 4.28. The molecule has 0 aromatic heterocycles. The summed E-state index contributed by atoms with van der Waals surface area (Å²) in [5.41, 5.74) is 2.59. The van der Waals surface area contributed by atoms with Crippen molar-refractivity contribution in [2.45, 2.75) is 26.1 Å². The van der Waals surface area contributed by atoms with Crippen LogP contribution in [0, 0.1) is 0 Å². The summed E-state index contributed by atoms with van der Waals surface area (Å²) < 4.78 is 5.37. The van der Waals surface area contributed by atoms with Crippen LogP contribution in [-0.4, -0.2) is 18.1 Å². The first-order valence-corrected chi connectivity index (χ1v) is 7.59. The number of esters is 1. The number of ether oxygens (including phenoxy) is 1. The summed E-state index contributed by atoms with van der Waals surface area (Å²) in [6.07, 6.45) is -0.734. The number of benzene rings is 2. The maximum Gasteiger partial charge on any atom is 0.307 e. The van der Waals surface area contributed by atoms with Crippen molar-refractivity contribution in [1.82, 2.24) is 0 Å². The van der Waals surface area contributed by atoms with E-state index in [1.807, 2.05) is 59.5 Å². The summed E-state index contributed by atoms with van der Waals surface area (Å²) in [6, 6.07) is 17.3. The van der Waals surface area contributed by atoms with Gasteiger partial charge in [-0.25, -0.2) is 0 Å². The molecule has 118 valence electrons. The number of nitrogens with zero attached hydrogens (tertiary/aromatic N) is 1. The number of rotatable bonds is 4. The van der Waals surface area contributed by atoms with E-state index in [1.165, 1.54) is 0 Å². The molecule has 2 aromatic rings. The Bertz CT molecular complexity index is 715. The predicted molar refractivity (Wildman–Crippen MR) is 87.9 cm³/mol. The molecule has 5 nitrogen and oxygen atoms in total. The average Bonchev–Trinajstić information content (AvgIpc) is 2.58. The Balaban J connectivity index is 1.97. The Hall–Kier alpha value is -2.82. The molecule has 0 bridgehead atoms. The third kappa shape index (κ3) is 3.18. The van der Waals surface area contributed by atoms with Crippen LogP contribution >= 0.6 is 0 Å². The minimum absolute atomic E-state index is 0.227. The average molecular weight is 310 g/mol. The van der Waals surface area contributed by atoms with E-state index in [1.54, 1.807) is 6.92 Å². The molecule has 5 heteroatoms. The largest absolute Gasteiger partial charge is 0.432 e. The normalized spacial score (nSPS) is 16.5. The Morgan fingerprint density at radius 3 is 2.57 bits per heavy atom. The van der Waals surface area contributed by atoms with Crippen LogP contribution in [-0.2, 0) is 20.9 Å². The van der Waals surface area contributed by atoms with Gasteiger partial charge in [0.1, 0.15) is 0 Å². The van der Waals surface area contributed by atoms with Crippen LogP contribution in [0.5, 0.6) is 0 Å². The number of nitrogens with one attached hydrogen (secondary N) is 1. The molecule has 0 saturated carbocycles. The lowest BCUT2D eigenvalue weighted by atomic mass is 10.1. The van der Waals surface area contributed by atoms with Crippen molar-refractivity contribution in [2.75, 3.05) is 10.2 Å². The van der Waals surface area contributed by atoms with Crippen LogP contribution in [0.3, 0.4) is 0 Å². The smallest absolute Gasteiger partial charge is 0.307 e. The maximum absolute atomic E-state index is 12.4. The number of carbonyl (C=O) groups is 2. The van der Waals surface area contributed by atoms with E-state index in [2.05, 4.69) is 5.32 Å². The summed E-state index contributed by atoms with van der Waals surface area (Å²) in [4.78, 5) is 25.9. The molecule has 0 fully saturated rings. The summed E-state index contributed by atoms with van der Waals surface area (Å²) in [7, 11) is 0. The highest BCUT2D eigenvalue weighted by atomic mass is 16.6. The number of para-hydroxylation sites is 2. The van der Waals surface area contributed by atoms with Gasteiger partial charge in [0.15, 0.2) is 0 Å². The lowest BCUT2D eigenvalue weighted by Gasteiger charge is -2.37. The monoisotopic (exact) mass is 310 g/mol. The highest BCUT2D eigenvalue weighted by molar-refractivity contribution is 6.03. The van der Waals surface area contributed by atoms with Crippen molar-refractivity contribution in [3.05, 3.63) is 60.2 Å². The van der Waals surface area contributed by atoms with Gasteiger partial charge in [0, 0.05) is 13.0 Å². The van der Waals surface area contributed by atoms with Crippen molar-refractivity contribution >= 4 is 23.3 Å². The van der Waals surface area contributed by atoms with Gasteiger partial charge in [-0.05, 0) is 17.7 Å². The molecule has 1 atom stereocenters. The fraction of sp³-hybridized carbons (Fsp3) is 0.222. The summed E-state index contributed by atoms with van der Waals surface area (Å²) in [6.45, 7) is 2.19. The predicted octanol–water partition coefficient (Wildman–Crippen LogP) is 2.92. The van der Waals surface area contributed by atoms with E-state index < -0.39 is 12.2 Å². The van der Waals surface area contributed by atoms with Gasteiger partial charge in [-0.2, -0.15) is 0 Å². The van der Waals surface area contributed by atoms with E-state index in [0.29, 0.717) is 6.54 Å². The van der Waals surface area contributed by atoms with Gasteiger partial charge in [0.25, 0.3) is 12.1 Å². The zero-order valence-corrected chi connectivity index (χ0v) is 12.9. The topological polar surface area (TPSA) is 58.6 Å². The van der Waals surface area contributed by atoms with E-state index >= 15 is 0 Å². The first-order chi connectivity index (χ1) is 11.2. The number of fused-ring (bicyclic) bond motifs is 1. The van der Waals surface area contributed by atoms with Crippen molar-refractivity contribution in [1.29, 1.82) is 0 Å². The minimum Gasteiger partial charge on any atom is -0.432 e. The van der Waals surface area contributed by atoms with Crippen molar-refractivity contribution in [3.8, 4) is 0 Å². The molecule has 1 heterocycles. The Labute approximate surface area is 134 Å². The number of amides is 1. The SMILES string of the molecule is CCC(=O)OC1C(=O)Nc2ccccc2N1Cc1ccccc1. The Morgan fingerprint density at radius 1 is 1.13 bits per heavy atom. The quantitative estimate of drug-likeness (QED) is 0.882. The zero-order chi connectivity index (χ0) is 16.2. The second kappa shape index (κ2) is 6.52. The molecule has 2 aromatic carbocycles. The van der Waals surface area contributed by atoms with Crippen molar-refractivity contribution in [2.24, 2.45) is 0 Å². The van der Waals surface area contributed by atoms with Crippen LogP contribution in [0.1, 0.15) is 18.9 Å². The van der Waals surface area contributed by atoms with Crippen LogP contribution in [0.25, 0.3) is 0 Å². The van der Waals surface area contributed by atoms with Gasteiger partial charge in [0.05, 0.1) is 11.4 Å². The molecule has 1 aliphatic heterocycles. The summed E-state index contributed by atoms with van der Waals surface area (Å²) >= 11 is 0. The molecule has 0 saturated heterocycles. The fourth-order valence-electron chi connectivity index (χ4n) is 2.57. The first-order valence-electron chi connectivity index (χ1n) is 7.59. The lowest BCUT2D eigenvalue weighted by molar-refractivity contribution is -0.154. The molecule has 1 amide bonds. The van der Waals surface area contributed by atoms with E-state index in [0.717, 1.165) is 16.9 Å². The lowest BCUT2D eigenvalue weighted by Crippen LogP contribution is -2.50. The van der Waals surface area contributed by atoms with Crippen molar-refractivity contribution in [3.63, 3.8) is 0 Å². The molecular formula is C18H18N2O3. The Morgan fingerprint density at radius 2 is 1.83 bits per heavy atom. The van der Waals surface area contributed by atoms with Gasteiger partial charge in [0.2, 0.25) is 0 Å². The van der Waals surface area contributed by atoms with E-state index in [4.69, 9.17) is 4.74 Å². The highest BCUT2D eigenvalue weighted by Gasteiger charge is 2.35. The fourth-order valence-corrected chi connectivity index (χ4v) is 2.57. The van der Waals surface area contributed by atoms with Crippen LogP contribution in [0.2, 0.25) is 0 Å². The highest BCUT2D eigenvalue weighted by Crippen LogP contribution is 2.33. The summed E-state index contributed by atoms with van der Waals surface area (Å²) in [5, 5.41) is 2.80. The number of hydrogen-bond acceptors (Lipinski definition) is 4. The molecule has 0 spiro atoms. The second-order valence-electron chi connectivity index (χ2n) is 5.32. The van der Waals surface area contributed by atoms with E-state index in [-0.39, 0.29) is 12.3 Å². The van der Waals surface area contributed by atoms with Crippen molar-refractivity contribution < 1.29 is 14.3 Å². The van der Waals surface area contributed by atoms with Crippen LogP contribution in [0.4, 0.5) is 11.4 Å². The number of carbonyl (C=O) groups excluding carboxylic acids is 2. The summed E-state index contributed by atoms with van der Waals surface area (Å²) in [5.74, 6) is -0.732. The molecular weight excluding hydrogens is 292 g/mol. The zero-order valence-electron chi connectivity index (χ0n) is 12.9. The third-order valence-electron chi connectivity index (χ3n) is 3.71. The van der Waals surface area contributed by atoms with Gasteiger partial charge in [-0.1, -0.05) is 49.4 Å². The van der Waals surface area contributed by atoms with E-state index in [9.17, 15) is 9.59 Å². The van der Waals surface area contributed by atoms with Gasteiger partial charge >= 0.3 is 5.97 Å².